The van der Waals surface area contributed by atoms with Gasteiger partial charge in [-0.25, -0.2) is 0 Å². The summed E-state index contributed by atoms with van der Waals surface area (Å²) >= 11 is 0. The minimum absolute atomic E-state index is 0.199. The maximum atomic E-state index is 12.9. The van der Waals surface area contributed by atoms with Crippen LogP contribution in [0.5, 0.6) is 17.2 Å². The molecule has 1 unspecified atom stereocenters. The van der Waals surface area contributed by atoms with E-state index in [1.165, 1.54) is 24.0 Å². The van der Waals surface area contributed by atoms with E-state index in [0.29, 0.717) is 32.1 Å². The Bertz CT molecular complexity index is 844. The average molecular weight is 395 g/mol. The summed E-state index contributed by atoms with van der Waals surface area (Å²) < 4.78 is 16.6. The molecule has 2 aromatic rings. The third-order valence-corrected chi connectivity index (χ3v) is 5.90. The first-order valence-electron chi connectivity index (χ1n) is 10.4. The normalized spacial score (nSPS) is 16.2. The van der Waals surface area contributed by atoms with Gasteiger partial charge in [-0.1, -0.05) is 18.2 Å². The predicted molar refractivity (Wildman–Crippen MR) is 112 cm³/mol. The van der Waals surface area contributed by atoms with Crippen molar-refractivity contribution in [3.8, 4) is 17.2 Å². The third kappa shape index (κ3) is 4.84. The first-order chi connectivity index (χ1) is 14.1. The molecule has 1 fully saturated rings. The molecule has 1 amide bonds. The van der Waals surface area contributed by atoms with Gasteiger partial charge in [0.15, 0.2) is 11.5 Å². The van der Waals surface area contributed by atoms with Crippen LogP contribution in [0.3, 0.4) is 0 Å². The second kappa shape index (κ2) is 8.76. The van der Waals surface area contributed by atoms with Crippen molar-refractivity contribution in [1.82, 2.24) is 4.90 Å². The standard InChI is InChI=1S/C24H29NO4/c1-25(12-11-17-3-8-20(27-2)9-4-17)24(26)16-21(18-5-6-18)19-7-10-22-23(15-19)29-14-13-28-22/h3-4,7-10,15,18,21H,5-6,11-14,16H2,1-2H3. The van der Waals surface area contributed by atoms with Gasteiger partial charge in [0, 0.05) is 20.0 Å². The lowest BCUT2D eigenvalue weighted by molar-refractivity contribution is -0.130. The Balaban J connectivity index is 1.37. The lowest BCUT2D eigenvalue weighted by Crippen LogP contribution is -2.30. The van der Waals surface area contributed by atoms with Crippen molar-refractivity contribution in [2.24, 2.45) is 5.92 Å². The summed E-state index contributed by atoms with van der Waals surface area (Å²) in [5.74, 6) is 3.51. The number of hydrogen-bond donors (Lipinski definition) is 0. The summed E-state index contributed by atoms with van der Waals surface area (Å²) in [4.78, 5) is 14.8. The molecule has 29 heavy (non-hydrogen) atoms. The predicted octanol–water partition coefficient (Wildman–Crippen LogP) is 4.05. The molecule has 2 aromatic carbocycles. The second-order valence-electron chi connectivity index (χ2n) is 7.96. The van der Waals surface area contributed by atoms with Crippen LogP contribution in [0.25, 0.3) is 0 Å². The highest BCUT2D eigenvalue weighted by atomic mass is 16.6. The monoisotopic (exact) mass is 395 g/mol. The van der Waals surface area contributed by atoms with Crippen LogP contribution in [0.1, 0.15) is 36.3 Å². The number of likely N-dealkylation sites (N-methyl/N-ethyl adjacent to an activating group) is 1. The van der Waals surface area contributed by atoms with Crippen molar-refractivity contribution in [3.05, 3.63) is 53.6 Å². The summed E-state index contributed by atoms with van der Waals surface area (Å²) in [6.07, 6.45) is 3.78. The Morgan fingerprint density at radius 3 is 2.52 bits per heavy atom. The molecule has 0 saturated heterocycles. The fraction of sp³-hybridized carbons (Fsp3) is 0.458. The van der Waals surface area contributed by atoms with Crippen molar-refractivity contribution < 1.29 is 19.0 Å². The number of benzene rings is 2. The molecule has 4 rings (SSSR count). The quantitative estimate of drug-likeness (QED) is 0.677. The van der Waals surface area contributed by atoms with Gasteiger partial charge in [-0.2, -0.15) is 0 Å². The van der Waals surface area contributed by atoms with E-state index in [9.17, 15) is 4.79 Å². The number of amides is 1. The smallest absolute Gasteiger partial charge is 0.222 e. The van der Waals surface area contributed by atoms with Crippen molar-refractivity contribution >= 4 is 5.91 Å². The molecule has 1 saturated carbocycles. The molecular weight excluding hydrogens is 366 g/mol. The molecule has 5 heteroatoms. The Morgan fingerprint density at radius 2 is 1.83 bits per heavy atom. The zero-order chi connectivity index (χ0) is 20.2. The fourth-order valence-electron chi connectivity index (χ4n) is 3.90. The molecule has 2 aliphatic rings. The average Bonchev–Trinajstić information content (AvgIpc) is 3.61. The molecule has 1 atom stereocenters. The molecule has 0 N–H and O–H groups in total. The summed E-state index contributed by atoms with van der Waals surface area (Å²) in [6.45, 7) is 1.89. The number of hydrogen-bond acceptors (Lipinski definition) is 4. The fourth-order valence-corrected chi connectivity index (χ4v) is 3.90. The van der Waals surface area contributed by atoms with Gasteiger partial charge in [0.2, 0.25) is 5.91 Å². The number of ether oxygens (including phenoxy) is 3. The molecule has 1 aliphatic carbocycles. The molecule has 0 bridgehead atoms. The van der Waals surface area contributed by atoms with E-state index in [0.717, 1.165) is 23.7 Å². The van der Waals surface area contributed by atoms with Gasteiger partial charge in [0.05, 0.1) is 7.11 Å². The number of carbonyl (C=O) groups excluding carboxylic acids is 1. The van der Waals surface area contributed by atoms with E-state index in [4.69, 9.17) is 14.2 Å². The van der Waals surface area contributed by atoms with Gasteiger partial charge >= 0.3 is 0 Å². The SMILES string of the molecule is COc1ccc(CCN(C)C(=O)CC(c2ccc3c(c2)OCCO3)C2CC2)cc1. The van der Waals surface area contributed by atoms with Crippen LogP contribution in [0.4, 0.5) is 0 Å². The van der Waals surface area contributed by atoms with Gasteiger partial charge in [0.1, 0.15) is 19.0 Å². The third-order valence-electron chi connectivity index (χ3n) is 5.90. The van der Waals surface area contributed by atoms with Crippen molar-refractivity contribution in [2.45, 2.75) is 31.6 Å². The van der Waals surface area contributed by atoms with E-state index in [1.54, 1.807) is 7.11 Å². The van der Waals surface area contributed by atoms with Crippen LogP contribution in [0, 0.1) is 5.92 Å². The highest BCUT2D eigenvalue weighted by Crippen LogP contribution is 2.46. The number of fused-ring (bicyclic) bond motifs is 1. The van der Waals surface area contributed by atoms with E-state index in [1.807, 2.05) is 30.1 Å². The van der Waals surface area contributed by atoms with Crippen LogP contribution < -0.4 is 14.2 Å². The molecule has 154 valence electrons. The number of rotatable bonds is 8. The van der Waals surface area contributed by atoms with Gasteiger partial charge in [-0.05, 0) is 66.5 Å². The summed E-state index contributed by atoms with van der Waals surface area (Å²) in [5.41, 5.74) is 2.39. The maximum absolute atomic E-state index is 12.9. The molecular formula is C24H29NO4. The Morgan fingerprint density at radius 1 is 1.10 bits per heavy atom. The number of methoxy groups -OCH3 is 1. The molecule has 5 nitrogen and oxygen atoms in total. The highest BCUT2D eigenvalue weighted by Gasteiger charge is 2.35. The van der Waals surface area contributed by atoms with Gasteiger partial charge in [-0.3, -0.25) is 4.79 Å². The highest BCUT2D eigenvalue weighted by molar-refractivity contribution is 5.77. The summed E-state index contributed by atoms with van der Waals surface area (Å²) in [7, 11) is 3.57. The second-order valence-corrected chi connectivity index (χ2v) is 7.96. The minimum Gasteiger partial charge on any atom is -0.497 e. The molecule has 0 aromatic heterocycles. The van der Waals surface area contributed by atoms with Gasteiger partial charge in [0.25, 0.3) is 0 Å². The Labute approximate surface area is 172 Å². The summed E-state index contributed by atoms with van der Waals surface area (Å²) in [6, 6.07) is 14.2. The van der Waals surface area contributed by atoms with E-state index in [2.05, 4.69) is 24.3 Å². The van der Waals surface area contributed by atoms with Crippen LogP contribution in [0.2, 0.25) is 0 Å². The van der Waals surface area contributed by atoms with Crippen LogP contribution in [0.15, 0.2) is 42.5 Å². The van der Waals surface area contributed by atoms with Crippen LogP contribution in [-0.4, -0.2) is 44.7 Å². The van der Waals surface area contributed by atoms with Crippen molar-refractivity contribution in [3.63, 3.8) is 0 Å². The minimum atomic E-state index is 0.199. The zero-order valence-electron chi connectivity index (χ0n) is 17.2. The topological polar surface area (TPSA) is 48.0 Å². The van der Waals surface area contributed by atoms with E-state index >= 15 is 0 Å². The van der Waals surface area contributed by atoms with E-state index in [-0.39, 0.29) is 11.8 Å². The van der Waals surface area contributed by atoms with Gasteiger partial charge < -0.3 is 19.1 Å². The zero-order valence-corrected chi connectivity index (χ0v) is 17.2. The molecule has 1 heterocycles. The summed E-state index contributed by atoms with van der Waals surface area (Å²) in [5, 5.41) is 0. The Hall–Kier alpha value is -2.69. The first-order valence-corrected chi connectivity index (χ1v) is 10.4. The van der Waals surface area contributed by atoms with E-state index < -0.39 is 0 Å². The molecule has 1 aliphatic heterocycles. The maximum Gasteiger partial charge on any atom is 0.222 e. The molecule has 0 spiro atoms. The van der Waals surface area contributed by atoms with Crippen LogP contribution in [-0.2, 0) is 11.2 Å². The molecule has 0 radical (unpaired) electrons. The van der Waals surface area contributed by atoms with Gasteiger partial charge in [-0.15, -0.1) is 0 Å². The van der Waals surface area contributed by atoms with Crippen LogP contribution >= 0.6 is 0 Å². The van der Waals surface area contributed by atoms with Crippen molar-refractivity contribution in [1.29, 1.82) is 0 Å². The Kier molecular flexibility index (Phi) is 5.93. The number of carbonyl (C=O) groups is 1. The number of nitrogens with zero attached hydrogens (tertiary/aromatic N) is 1. The first kappa shape index (κ1) is 19.6. The largest absolute Gasteiger partial charge is 0.497 e. The van der Waals surface area contributed by atoms with Crippen molar-refractivity contribution in [2.75, 3.05) is 33.9 Å². The lowest BCUT2D eigenvalue weighted by atomic mass is 9.90. The lowest BCUT2D eigenvalue weighted by Gasteiger charge is -2.24.